The molecule has 1 atom stereocenters. The summed E-state index contributed by atoms with van der Waals surface area (Å²) in [5.74, 6) is -0.737. The number of esters is 1. The van der Waals surface area contributed by atoms with Crippen molar-refractivity contribution in [1.82, 2.24) is 0 Å². The molecule has 0 aromatic carbocycles. The number of hydrogen-bond acceptors (Lipinski definition) is 3. The van der Waals surface area contributed by atoms with Crippen LogP contribution in [0, 0.1) is 5.92 Å². The maximum absolute atomic E-state index is 11.0. The maximum atomic E-state index is 11.0. The molecule has 25 heavy (non-hydrogen) atoms. The van der Waals surface area contributed by atoms with Crippen LogP contribution in [0.25, 0.3) is 0 Å². The number of aliphatic carboxylic acids is 1. The van der Waals surface area contributed by atoms with E-state index >= 15 is 0 Å². The Kier molecular flexibility index (Phi) is 16.6. The van der Waals surface area contributed by atoms with Gasteiger partial charge in [-0.05, 0) is 31.6 Å². The molecule has 4 nitrogen and oxygen atoms in total. The molecule has 0 amide bonds. The number of carboxylic acids is 1. The number of carbonyl (C=O) groups excluding carboxylic acids is 1. The molecular formula is C21H38O4. The molecule has 0 aliphatic heterocycles. The van der Waals surface area contributed by atoms with E-state index in [1.807, 2.05) is 0 Å². The Balaban J connectivity index is 3.82. The molecule has 1 unspecified atom stereocenters. The molecule has 0 aromatic rings. The zero-order valence-electron chi connectivity index (χ0n) is 16.3. The summed E-state index contributed by atoms with van der Waals surface area (Å²) in [6, 6.07) is 0. The summed E-state index contributed by atoms with van der Waals surface area (Å²) in [6.45, 7) is 2.23. The van der Waals surface area contributed by atoms with Crippen LogP contribution < -0.4 is 0 Å². The van der Waals surface area contributed by atoms with E-state index in [2.05, 4.69) is 23.8 Å². The van der Waals surface area contributed by atoms with Gasteiger partial charge in [0.1, 0.15) is 0 Å². The van der Waals surface area contributed by atoms with Gasteiger partial charge in [-0.25, -0.2) is 0 Å². The molecule has 0 spiro atoms. The van der Waals surface area contributed by atoms with E-state index in [1.165, 1.54) is 45.6 Å². The third kappa shape index (κ3) is 17.3. The Hall–Kier alpha value is -1.32. The normalized spacial score (nSPS) is 12.4. The molecule has 0 fully saturated rings. The topological polar surface area (TPSA) is 63.6 Å². The van der Waals surface area contributed by atoms with Gasteiger partial charge in [0.2, 0.25) is 0 Å². The molecule has 0 bridgehead atoms. The SMILES string of the molecule is CCCCCCCC/C=C\C(CCCCCCC(=O)OC)CC(=O)O. The highest BCUT2D eigenvalue weighted by molar-refractivity contribution is 5.69. The molecule has 0 rings (SSSR count). The van der Waals surface area contributed by atoms with E-state index in [9.17, 15) is 9.59 Å². The average molecular weight is 355 g/mol. The third-order valence-corrected chi connectivity index (χ3v) is 4.50. The van der Waals surface area contributed by atoms with Crippen LogP contribution in [0.1, 0.15) is 96.8 Å². The zero-order chi connectivity index (χ0) is 18.8. The first-order valence-corrected chi connectivity index (χ1v) is 10.0. The van der Waals surface area contributed by atoms with Gasteiger partial charge in [0, 0.05) is 6.42 Å². The Morgan fingerprint density at radius 3 is 2.28 bits per heavy atom. The predicted molar refractivity (Wildman–Crippen MR) is 103 cm³/mol. The van der Waals surface area contributed by atoms with Crippen molar-refractivity contribution in [2.75, 3.05) is 7.11 Å². The van der Waals surface area contributed by atoms with Crippen LogP contribution in [0.15, 0.2) is 12.2 Å². The van der Waals surface area contributed by atoms with Gasteiger partial charge in [0.25, 0.3) is 0 Å². The lowest BCUT2D eigenvalue weighted by Gasteiger charge is -2.10. The third-order valence-electron chi connectivity index (χ3n) is 4.50. The van der Waals surface area contributed by atoms with E-state index in [0.717, 1.165) is 38.5 Å². The van der Waals surface area contributed by atoms with Gasteiger partial charge in [-0.2, -0.15) is 0 Å². The van der Waals surface area contributed by atoms with Crippen LogP contribution in [0.3, 0.4) is 0 Å². The summed E-state index contributed by atoms with van der Waals surface area (Å²) in [4.78, 5) is 22.0. The van der Waals surface area contributed by atoms with E-state index < -0.39 is 5.97 Å². The maximum Gasteiger partial charge on any atom is 0.305 e. The molecular weight excluding hydrogens is 316 g/mol. The van der Waals surface area contributed by atoms with Crippen molar-refractivity contribution in [3.05, 3.63) is 12.2 Å². The number of ether oxygens (including phenoxy) is 1. The quantitative estimate of drug-likeness (QED) is 0.201. The number of methoxy groups -OCH3 is 1. The van der Waals surface area contributed by atoms with Crippen LogP contribution in [-0.2, 0) is 14.3 Å². The number of carboxylic acid groups (broad SMARTS) is 1. The Morgan fingerprint density at radius 1 is 0.960 bits per heavy atom. The van der Waals surface area contributed by atoms with Crippen molar-refractivity contribution in [2.45, 2.75) is 96.8 Å². The summed E-state index contributed by atoms with van der Waals surface area (Å²) in [5.41, 5.74) is 0. The summed E-state index contributed by atoms with van der Waals surface area (Å²) in [7, 11) is 1.41. The van der Waals surface area contributed by atoms with Gasteiger partial charge in [0.15, 0.2) is 0 Å². The number of carbonyl (C=O) groups is 2. The van der Waals surface area contributed by atoms with E-state index in [1.54, 1.807) is 0 Å². The lowest BCUT2D eigenvalue weighted by molar-refractivity contribution is -0.141. The Labute approximate surface area is 154 Å². The largest absolute Gasteiger partial charge is 0.481 e. The van der Waals surface area contributed by atoms with E-state index in [4.69, 9.17) is 5.11 Å². The van der Waals surface area contributed by atoms with Gasteiger partial charge in [-0.3, -0.25) is 9.59 Å². The predicted octanol–water partition coefficient (Wildman–Crippen LogP) is 5.90. The first-order chi connectivity index (χ1) is 12.1. The molecule has 0 aliphatic carbocycles. The molecule has 0 heterocycles. The van der Waals surface area contributed by atoms with E-state index in [0.29, 0.717) is 6.42 Å². The Bertz CT molecular complexity index is 363. The fourth-order valence-corrected chi connectivity index (χ4v) is 2.95. The Morgan fingerprint density at radius 2 is 1.60 bits per heavy atom. The highest BCUT2D eigenvalue weighted by Crippen LogP contribution is 2.17. The van der Waals surface area contributed by atoms with Gasteiger partial charge in [-0.15, -0.1) is 0 Å². The lowest BCUT2D eigenvalue weighted by Crippen LogP contribution is -2.05. The van der Waals surface area contributed by atoms with Crippen molar-refractivity contribution in [3.63, 3.8) is 0 Å². The fraction of sp³-hybridized carbons (Fsp3) is 0.810. The van der Waals surface area contributed by atoms with Gasteiger partial charge < -0.3 is 9.84 Å². The molecule has 0 aromatic heterocycles. The zero-order valence-corrected chi connectivity index (χ0v) is 16.3. The molecule has 0 saturated heterocycles. The van der Waals surface area contributed by atoms with Crippen LogP contribution in [-0.4, -0.2) is 24.2 Å². The minimum atomic E-state index is -0.722. The second-order valence-electron chi connectivity index (χ2n) is 6.87. The standard InChI is InChI=1S/C21H38O4/c1-3-4-5-6-7-8-9-12-15-19(18-20(22)23)16-13-10-11-14-17-21(24)25-2/h12,15,19H,3-11,13-14,16-18H2,1-2H3,(H,22,23)/b15-12-. The van der Waals surface area contributed by atoms with Crippen molar-refractivity contribution < 1.29 is 19.4 Å². The van der Waals surface area contributed by atoms with Crippen LogP contribution in [0.2, 0.25) is 0 Å². The highest BCUT2D eigenvalue weighted by Gasteiger charge is 2.09. The number of hydrogen-bond donors (Lipinski definition) is 1. The van der Waals surface area contributed by atoms with Crippen LogP contribution in [0.5, 0.6) is 0 Å². The monoisotopic (exact) mass is 354 g/mol. The van der Waals surface area contributed by atoms with Crippen molar-refractivity contribution in [1.29, 1.82) is 0 Å². The number of allylic oxidation sites excluding steroid dienone is 2. The lowest BCUT2D eigenvalue weighted by atomic mass is 9.96. The van der Waals surface area contributed by atoms with Crippen molar-refractivity contribution >= 4 is 11.9 Å². The van der Waals surface area contributed by atoms with E-state index in [-0.39, 0.29) is 18.3 Å². The number of unbranched alkanes of at least 4 members (excludes halogenated alkanes) is 9. The van der Waals surface area contributed by atoms with Gasteiger partial charge in [-0.1, -0.05) is 70.4 Å². The summed E-state index contributed by atoms with van der Waals surface area (Å²) in [6.07, 6.45) is 18.6. The number of rotatable bonds is 17. The molecule has 0 saturated carbocycles. The second-order valence-corrected chi connectivity index (χ2v) is 6.87. The average Bonchev–Trinajstić information content (AvgIpc) is 2.59. The molecule has 146 valence electrons. The first-order valence-electron chi connectivity index (χ1n) is 10.0. The van der Waals surface area contributed by atoms with Gasteiger partial charge >= 0.3 is 11.9 Å². The summed E-state index contributed by atoms with van der Waals surface area (Å²) >= 11 is 0. The molecule has 0 radical (unpaired) electrons. The minimum Gasteiger partial charge on any atom is -0.481 e. The molecule has 0 aliphatic rings. The first kappa shape index (κ1) is 23.7. The fourth-order valence-electron chi connectivity index (χ4n) is 2.95. The van der Waals surface area contributed by atoms with Crippen molar-refractivity contribution in [3.8, 4) is 0 Å². The summed E-state index contributed by atoms with van der Waals surface area (Å²) in [5, 5.41) is 9.05. The molecule has 4 heteroatoms. The summed E-state index contributed by atoms with van der Waals surface area (Å²) < 4.78 is 4.62. The van der Waals surface area contributed by atoms with Crippen LogP contribution >= 0.6 is 0 Å². The van der Waals surface area contributed by atoms with Crippen molar-refractivity contribution in [2.24, 2.45) is 5.92 Å². The highest BCUT2D eigenvalue weighted by atomic mass is 16.5. The second kappa shape index (κ2) is 17.5. The smallest absolute Gasteiger partial charge is 0.305 e. The van der Waals surface area contributed by atoms with Gasteiger partial charge in [0.05, 0.1) is 13.5 Å². The molecule has 1 N–H and O–H groups in total. The minimum absolute atomic E-state index is 0.137. The van der Waals surface area contributed by atoms with Crippen LogP contribution in [0.4, 0.5) is 0 Å².